The number of ether oxygens (including phenoxy) is 4. The van der Waals surface area contributed by atoms with Gasteiger partial charge in [0.25, 0.3) is 0 Å². The molecule has 0 aromatic heterocycles. The van der Waals surface area contributed by atoms with Crippen molar-refractivity contribution < 1.29 is 64.9 Å². The van der Waals surface area contributed by atoms with E-state index in [0.717, 1.165) is 32.1 Å². The van der Waals surface area contributed by atoms with Crippen LogP contribution in [0.2, 0.25) is 0 Å². The molecule has 0 spiro atoms. The third kappa shape index (κ3) is 6.86. The van der Waals surface area contributed by atoms with Crippen molar-refractivity contribution in [3.63, 3.8) is 0 Å². The normalized spacial score (nSPS) is 51.4. The Labute approximate surface area is 320 Å². The predicted molar refractivity (Wildman–Crippen MR) is 196 cm³/mol. The van der Waals surface area contributed by atoms with Gasteiger partial charge in [-0.25, -0.2) is 0 Å². The minimum absolute atomic E-state index is 0.00692. The average Bonchev–Trinajstić information content (AvgIpc) is 3.50. The van der Waals surface area contributed by atoms with Gasteiger partial charge in [-0.15, -0.1) is 0 Å². The Morgan fingerprint density at radius 1 is 0.796 bits per heavy atom. The van der Waals surface area contributed by atoms with Gasteiger partial charge in [0.15, 0.2) is 12.6 Å². The van der Waals surface area contributed by atoms with Crippen molar-refractivity contribution in [1.29, 1.82) is 0 Å². The van der Waals surface area contributed by atoms with Gasteiger partial charge in [-0.3, -0.25) is 0 Å². The van der Waals surface area contributed by atoms with Crippen LogP contribution in [0.5, 0.6) is 0 Å². The summed E-state index contributed by atoms with van der Waals surface area (Å²) in [6, 6.07) is 0. The zero-order chi connectivity index (χ0) is 39.8. The standard InChI is InChI=1S/C41H70O13/c1-21(2)9-8-13-40(7,50)22-10-14-39(6)29(22)23(44)17-27-38(39,5)15-11-26-37(3,4)28(12-16-41(26,27)20-43)53-36-34(30(46)24(45)19-51-36)54-35-33(49)32(48)31(47)25(18-42)52-35/h9,22-36,42-50H,8,10-20H2,1-7H3/t22-,23+,24+,25+,26+,27-,28+,29-,30-,31+,32-,33+,34+,35-,36-,38+,39-,40+,41-/m1/s1. The van der Waals surface area contributed by atoms with Crippen LogP contribution < -0.4 is 0 Å². The van der Waals surface area contributed by atoms with Crippen LogP contribution in [-0.2, 0) is 18.9 Å². The number of rotatable bonds is 10. The number of allylic oxidation sites excluding steroid dienone is 2. The van der Waals surface area contributed by atoms with E-state index in [1.165, 1.54) is 5.57 Å². The van der Waals surface area contributed by atoms with E-state index in [2.05, 4.69) is 47.6 Å². The van der Waals surface area contributed by atoms with Crippen molar-refractivity contribution in [2.75, 3.05) is 19.8 Å². The van der Waals surface area contributed by atoms with Crippen LogP contribution >= 0.6 is 0 Å². The van der Waals surface area contributed by atoms with Gasteiger partial charge in [-0.2, -0.15) is 0 Å². The lowest BCUT2D eigenvalue weighted by atomic mass is 9.34. The molecule has 13 heteroatoms. The summed E-state index contributed by atoms with van der Waals surface area (Å²) in [5.41, 5.74) is -1.10. The van der Waals surface area contributed by atoms with Crippen molar-refractivity contribution in [3.05, 3.63) is 11.6 Å². The first kappa shape index (κ1) is 42.8. The molecule has 13 nitrogen and oxygen atoms in total. The molecule has 0 bridgehead atoms. The highest BCUT2D eigenvalue weighted by Gasteiger charge is 2.72. The molecular formula is C41H70O13. The number of aliphatic hydroxyl groups is 9. The van der Waals surface area contributed by atoms with Gasteiger partial charge in [0.1, 0.15) is 42.7 Å². The number of hydrogen-bond donors (Lipinski definition) is 9. The van der Waals surface area contributed by atoms with Gasteiger partial charge in [0, 0.05) is 12.0 Å². The second-order valence-corrected chi connectivity index (χ2v) is 19.6. The first-order valence-electron chi connectivity index (χ1n) is 20.4. The highest BCUT2D eigenvalue weighted by Crippen LogP contribution is 2.76. The SMILES string of the molecule is CC(C)=CCC[C@](C)(O)[C@@H]1CC[C@]2(C)[C@H]1[C@@H](O)C[C@H]1[C@@]3(CO)CC[C@H](O[C@H]4OC[C@H](O)[C@@H](O)[C@@H]4O[C@H]4O[C@@H](CO)[C@H](O)[C@@H](O)[C@@H]4O)C(C)(C)[C@@H]3CC[C@@]12C. The Hall–Kier alpha value is -0.780. The van der Waals surface area contributed by atoms with Gasteiger partial charge < -0.3 is 64.9 Å². The van der Waals surface area contributed by atoms with Crippen LogP contribution in [0.15, 0.2) is 11.6 Å². The fourth-order valence-electron chi connectivity index (χ4n) is 13.0. The molecule has 54 heavy (non-hydrogen) atoms. The molecule has 4 saturated carbocycles. The summed E-state index contributed by atoms with van der Waals surface area (Å²) in [7, 11) is 0. The Kier molecular flexibility index (Phi) is 12.2. The molecule has 6 aliphatic rings. The smallest absolute Gasteiger partial charge is 0.187 e. The van der Waals surface area contributed by atoms with Gasteiger partial charge in [0.05, 0.1) is 31.0 Å². The van der Waals surface area contributed by atoms with E-state index in [1.54, 1.807) is 0 Å². The van der Waals surface area contributed by atoms with Crippen molar-refractivity contribution in [2.24, 2.45) is 45.3 Å². The van der Waals surface area contributed by atoms with Crippen molar-refractivity contribution in [1.82, 2.24) is 0 Å². The zero-order valence-electron chi connectivity index (χ0n) is 33.4. The minimum atomic E-state index is -1.72. The molecule has 9 N–H and O–H groups in total. The lowest BCUT2D eigenvalue weighted by molar-refractivity contribution is -0.368. The molecule has 19 atom stereocenters. The van der Waals surface area contributed by atoms with Crippen molar-refractivity contribution in [3.8, 4) is 0 Å². The third-order valence-electron chi connectivity index (χ3n) is 16.2. The van der Waals surface area contributed by atoms with Crippen molar-refractivity contribution >= 4 is 0 Å². The van der Waals surface area contributed by atoms with E-state index in [0.29, 0.717) is 25.7 Å². The Balaban J connectivity index is 1.22. The Morgan fingerprint density at radius 3 is 2.13 bits per heavy atom. The lowest BCUT2D eigenvalue weighted by Gasteiger charge is -2.71. The second kappa shape index (κ2) is 15.4. The summed E-state index contributed by atoms with van der Waals surface area (Å²) < 4.78 is 24.1. The van der Waals surface area contributed by atoms with Crippen LogP contribution in [0.25, 0.3) is 0 Å². The summed E-state index contributed by atoms with van der Waals surface area (Å²) in [6.07, 6.45) is -5.40. The molecule has 0 amide bonds. The maximum atomic E-state index is 12.2. The summed E-state index contributed by atoms with van der Waals surface area (Å²) in [4.78, 5) is 0. The van der Waals surface area contributed by atoms with Crippen LogP contribution in [0, 0.1) is 45.3 Å². The molecule has 0 aromatic rings. The largest absolute Gasteiger partial charge is 0.396 e. The highest BCUT2D eigenvalue weighted by molar-refractivity contribution is 5.21. The summed E-state index contributed by atoms with van der Waals surface area (Å²) >= 11 is 0. The van der Waals surface area contributed by atoms with E-state index in [4.69, 9.17) is 18.9 Å². The van der Waals surface area contributed by atoms with E-state index in [1.807, 2.05) is 6.92 Å². The molecule has 2 aliphatic heterocycles. The Morgan fingerprint density at radius 2 is 1.48 bits per heavy atom. The summed E-state index contributed by atoms with van der Waals surface area (Å²) in [5, 5.41) is 98.2. The fourth-order valence-corrected chi connectivity index (χ4v) is 13.0. The minimum Gasteiger partial charge on any atom is -0.396 e. The average molecular weight is 771 g/mol. The van der Waals surface area contributed by atoms with E-state index >= 15 is 0 Å². The first-order valence-corrected chi connectivity index (χ1v) is 20.4. The predicted octanol–water partition coefficient (Wildman–Crippen LogP) is 1.76. The van der Waals surface area contributed by atoms with Crippen LogP contribution in [0.4, 0.5) is 0 Å². The van der Waals surface area contributed by atoms with Crippen LogP contribution in [0.1, 0.15) is 106 Å². The van der Waals surface area contributed by atoms with Gasteiger partial charge in [-0.05, 0) is 118 Å². The number of aliphatic hydroxyl groups excluding tert-OH is 8. The molecule has 312 valence electrons. The molecule has 6 fully saturated rings. The molecule has 4 aliphatic carbocycles. The fraction of sp³-hybridized carbons (Fsp3) is 0.951. The van der Waals surface area contributed by atoms with Crippen LogP contribution in [-0.4, -0.2) is 139 Å². The molecule has 6 rings (SSSR count). The Bertz CT molecular complexity index is 1340. The second-order valence-electron chi connectivity index (χ2n) is 19.6. The van der Waals surface area contributed by atoms with Gasteiger partial charge in [-0.1, -0.05) is 39.3 Å². The monoisotopic (exact) mass is 770 g/mol. The van der Waals surface area contributed by atoms with Gasteiger partial charge in [0.2, 0.25) is 0 Å². The quantitative estimate of drug-likeness (QED) is 0.114. The maximum absolute atomic E-state index is 12.2. The topological polar surface area (TPSA) is 219 Å². The maximum Gasteiger partial charge on any atom is 0.187 e. The third-order valence-corrected chi connectivity index (χ3v) is 16.2. The van der Waals surface area contributed by atoms with E-state index < -0.39 is 90.6 Å². The number of fused-ring (bicyclic) bond motifs is 5. The van der Waals surface area contributed by atoms with Crippen LogP contribution in [0.3, 0.4) is 0 Å². The molecule has 2 saturated heterocycles. The lowest BCUT2D eigenvalue weighted by Crippen LogP contribution is -2.68. The zero-order valence-corrected chi connectivity index (χ0v) is 33.4. The van der Waals surface area contributed by atoms with Crippen molar-refractivity contribution in [2.45, 2.75) is 179 Å². The van der Waals surface area contributed by atoms with E-state index in [9.17, 15) is 46.0 Å². The number of hydrogen-bond acceptors (Lipinski definition) is 13. The summed E-state index contributed by atoms with van der Waals surface area (Å²) in [6.45, 7) is 14.1. The molecular weight excluding hydrogens is 700 g/mol. The van der Waals surface area contributed by atoms with E-state index in [-0.39, 0.29) is 47.7 Å². The summed E-state index contributed by atoms with van der Waals surface area (Å²) in [5.74, 6) is -0.0322. The molecule has 0 aromatic carbocycles. The molecule has 0 unspecified atom stereocenters. The van der Waals surface area contributed by atoms with Gasteiger partial charge >= 0.3 is 0 Å². The first-order chi connectivity index (χ1) is 25.2. The molecule has 0 radical (unpaired) electrons. The molecule has 2 heterocycles. The highest BCUT2D eigenvalue weighted by atomic mass is 16.8.